The standard InChI is InChI=1S/C17H14F6N2OS/c1-15(7-12(17(21,22)23)26-14(24)25-15)13-6-10(8-27-13)9-3-2-4-11(5-9)16(18,19)20/h2-6,8,12H,7H2,1H3,(H2,24,25)/t12-,15-/m0/s1. The van der Waals surface area contributed by atoms with Crippen LogP contribution in [0.3, 0.4) is 0 Å². The molecule has 3 rings (SSSR count). The van der Waals surface area contributed by atoms with Gasteiger partial charge in [-0.25, -0.2) is 4.99 Å². The molecule has 0 aliphatic carbocycles. The largest absolute Gasteiger partial charge is 0.452 e. The molecule has 27 heavy (non-hydrogen) atoms. The average Bonchev–Trinajstić information content (AvgIpc) is 3.03. The molecule has 2 N–H and O–H groups in total. The summed E-state index contributed by atoms with van der Waals surface area (Å²) in [5.41, 5.74) is 4.12. The molecule has 1 aromatic heterocycles. The monoisotopic (exact) mass is 408 g/mol. The van der Waals surface area contributed by atoms with E-state index in [0.29, 0.717) is 16.0 Å². The van der Waals surface area contributed by atoms with Gasteiger partial charge in [0, 0.05) is 11.3 Å². The molecule has 2 heterocycles. The second-order valence-electron chi connectivity index (χ2n) is 6.35. The Hall–Kier alpha value is -2.23. The van der Waals surface area contributed by atoms with E-state index in [1.54, 1.807) is 5.38 Å². The summed E-state index contributed by atoms with van der Waals surface area (Å²) in [6, 6.07) is 5.70. The van der Waals surface area contributed by atoms with Gasteiger partial charge < -0.3 is 10.5 Å². The van der Waals surface area contributed by atoms with E-state index in [0.717, 1.165) is 23.5 Å². The Morgan fingerprint density at radius 3 is 2.48 bits per heavy atom. The first kappa shape index (κ1) is 19.5. The third-order valence-corrected chi connectivity index (χ3v) is 5.40. The average molecular weight is 408 g/mol. The molecule has 0 unspecified atom stereocenters. The molecule has 0 fully saturated rings. The molecular weight excluding hydrogens is 394 g/mol. The summed E-state index contributed by atoms with van der Waals surface area (Å²) in [4.78, 5) is 4.47. The number of aliphatic imine (C=N–C) groups is 1. The van der Waals surface area contributed by atoms with Crippen LogP contribution in [0, 0.1) is 0 Å². The van der Waals surface area contributed by atoms with E-state index in [4.69, 9.17) is 5.73 Å². The van der Waals surface area contributed by atoms with Gasteiger partial charge in [0.05, 0.1) is 5.56 Å². The van der Waals surface area contributed by atoms with Crippen molar-refractivity contribution in [3.8, 4) is 11.1 Å². The Balaban J connectivity index is 1.95. The van der Waals surface area contributed by atoms with Crippen LogP contribution in [0.2, 0.25) is 0 Å². The summed E-state index contributed by atoms with van der Waals surface area (Å²) in [7, 11) is 0. The molecule has 2 atom stereocenters. The van der Waals surface area contributed by atoms with Crippen LogP contribution in [-0.2, 0) is 16.5 Å². The van der Waals surface area contributed by atoms with Crippen molar-refractivity contribution < 1.29 is 31.1 Å². The van der Waals surface area contributed by atoms with Crippen molar-refractivity contribution in [2.24, 2.45) is 10.7 Å². The summed E-state index contributed by atoms with van der Waals surface area (Å²) in [6.45, 7) is 1.49. The van der Waals surface area contributed by atoms with E-state index in [1.165, 1.54) is 25.1 Å². The number of rotatable bonds is 2. The lowest BCUT2D eigenvalue weighted by Crippen LogP contribution is -2.45. The maximum absolute atomic E-state index is 13.1. The van der Waals surface area contributed by atoms with E-state index in [1.807, 2.05) is 0 Å². The van der Waals surface area contributed by atoms with Crippen molar-refractivity contribution >= 4 is 17.4 Å². The van der Waals surface area contributed by atoms with Crippen molar-refractivity contribution in [1.82, 2.24) is 0 Å². The maximum Gasteiger partial charge on any atom is 0.425 e. The highest BCUT2D eigenvalue weighted by atomic mass is 32.1. The molecule has 1 aliphatic heterocycles. The van der Waals surface area contributed by atoms with Crippen molar-refractivity contribution in [2.45, 2.75) is 37.3 Å². The fourth-order valence-electron chi connectivity index (χ4n) is 2.85. The smallest absolute Gasteiger partial charge is 0.425 e. The van der Waals surface area contributed by atoms with Gasteiger partial charge in [0.25, 0.3) is 6.02 Å². The number of alkyl halides is 6. The quantitative estimate of drug-likeness (QED) is 0.685. The Kier molecular flexibility index (Phi) is 4.65. The molecule has 0 spiro atoms. The summed E-state index contributed by atoms with van der Waals surface area (Å²) < 4.78 is 82.4. The SMILES string of the molecule is C[C@@]1(c2cc(-c3cccc(C(F)(F)F)c3)cs2)C[C@@H](C(F)(F)F)OC(N)=N1. The summed E-state index contributed by atoms with van der Waals surface area (Å²) in [5, 5.41) is 1.58. The van der Waals surface area contributed by atoms with Gasteiger partial charge >= 0.3 is 12.4 Å². The third kappa shape index (κ3) is 4.05. The summed E-state index contributed by atoms with van der Waals surface area (Å²) >= 11 is 1.11. The Labute approximate surface area is 154 Å². The molecule has 10 heteroatoms. The predicted molar refractivity (Wildman–Crippen MR) is 89.3 cm³/mol. The molecule has 0 radical (unpaired) electrons. The molecule has 3 nitrogen and oxygen atoms in total. The number of hydrogen-bond donors (Lipinski definition) is 1. The fraction of sp³-hybridized carbons (Fsp3) is 0.353. The van der Waals surface area contributed by atoms with Crippen LogP contribution >= 0.6 is 11.3 Å². The predicted octanol–water partition coefficient (Wildman–Crippen LogP) is 5.32. The molecule has 0 bridgehead atoms. The lowest BCUT2D eigenvalue weighted by molar-refractivity contribution is -0.208. The minimum absolute atomic E-state index is 0.312. The van der Waals surface area contributed by atoms with Crippen molar-refractivity contribution in [3.63, 3.8) is 0 Å². The number of nitrogens with zero attached hydrogens (tertiary/aromatic N) is 1. The number of ether oxygens (including phenoxy) is 1. The van der Waals surface area contributed by atoms with Gasteiger partial charge in [0.2, 0.25) is 0 Å². The summed E-state index contributed by atoms with van der Waals surface area (Å²) in [6.07, 6.45) is -11.7. The molecule has 2 aromatic rings. The zero-order valence-corrected chi connectivity index (χ0v) is 14.7. The van der Waals surface area contributed by atoms with Gasteiger partial charge in [-0.2, -0.15) is 26.3 Å². The van der Waals surface area contributed by atoms with Gasteiger partial charge in [0.15, 0.2) is 6.10 Å². The van der Waals surface area contributed by atoms with E-state index < -0.39 is 42.0 Å². The fourth-order valence-corrected chi connectivity index (χ4v) is 3.88. The highest BCUT2D eigenvalue weighted by molar-refractivity contribution is 7.10. The number of nitrogens with two attached hydrogens (primary N) is 1. The molecule has 0 amide bonds. The number of benzene rings is 1. The molecule has 0 saturated carbocycles. The second kappa shape index (κ2) is 6.43. The lowest BCUT2D eigenvalue weighted by Gasteiger charge is -2.34. The molecule has 1 aliphatic rings. The van der Waals surface area contributed by atoms with Crippen LogP contribution in [-0.4, -0.2) is 18.3 Å². The first-order valence-electron chi connectivity index (χ1n) is 7.74. The molecule has 0 saturated heterocycles. The maximum atomic E-state index is 13.1. The number of hydrogen-bond acceptors (Lipinski definition) is 4. The van der Waals surface area contributed by atoms with E-state index in [9.17, 15) is 26.3 Å². The van der Waals surface area contributed by atoms with Gasteiger partial charge in [0.1, 0.15) is 5.54 Å². The normalized spacial score (nSPS) is 23.7. The highest BCUT2D eigenvalue weighted by Crippen LogP contribution is 2.43. The first-order chi connectivity index (χ1) is 12.4. The van der Waals surface area contributed by atoms with Gasteiger partial charge in [-0.3, -0.25) is 0 Å². The summed E-state index contributed by atoms with van der Waals surface area (Å²) in [5.74, 6) is 0. The first-order valence-corrected chi connectivity index (χ1v) is 8.62. The van der Waals surface area contributed by atoms with Crippen LogP contribution in [0.25, 0.3) is 11.1 Å². The topological polar surface area (TPSA) is 47.6 Å². The van der Waals surface area contributed by atoms with Crippen LogP contribution in [0.5, 0.6) is 0 Å². The molecule has 1 aromatic carbocycles. The highest BCUT2D eigenvalue weighted by Gasteiger charge is 2.49. The Bertz CT molecular complexity index is 873. The van der Waals surface area contributed by atoms with Crippen LogP contribution in [0.15, 0.2) is 40.7 Å². The van der Waals surface area contributed by atoms with Gasteiger partial charge in [-0.15, -0.1) is 11.3 Å². The van der Waals surface area contributed by atoms with Crippen LogP contribution < -0.4 is 5.73 Å². The van der Waals surface area contributed by atoms with Crippen molar-refractivity contribution in [1.29, 1.82) is 0 Å². The zero-order chi connectivity index (χ0) is 20.0. The van der Waals surface area contributed by atoms with Crippen LogP contribution in [0.1, 0.15) is 23.8 Å². The van der Waals surface area contributed by atoms with E-state index in [2.05, 4.69) is 9.73 Å². The second-order valence-corrected chi connectivity index (χ2v) is 7.27. The minimum atomic E-state index is -4.61. The number of amidine groups is 1. The Morgan fingerprint density at radius 2 is 1.85 bits per heavy atom. The molecular formula is C17H14F6N2OS. The Morgan fingerprint density at radius 1 is 1.15 bits per heavy atom. The lowest BCUT2D eigenvalue weighted by atomic mass is 9.91. The van der Waals surface area contributed by atoms with Gasteiger partial charge in [-0.05, 0) is 41.6 Å². The van der Waals surface area contributed by atoms with Crippen LogP contribution in [0.4, 0.5) is 26.3 Å². The number of thiophene rings is 1. The number of halogens is 6. The van der Waals surface area contributed by atoms with Crippen molar-refractivity contribution in [2.75, 3.05) is 0 Å². The van der Waals surface area contributed by atoms with E-state index >= 15 is 0 Å². The third-order valence-electron chi connectivity index (χ3n) is 4.22. The molecule has 146 valence electrons. The van der Waals surface area contributed by atoms with E-state index in [-0.39, 0.29) is 0 Å². The van der Waals surface area contributed by atoms with Crippen molar-refractivity contribution in [3.05, 3.63) is 46.2 Å². The minimum Gasteiger partial charge on any atom is -0.452 e. The van der Waals surface area contributed by atoms with Gasteiger partial charge in [-0.1, -0.05) is 12.1 Å². The zero-order valence-electron chi connectivity index (χ0n) is 13.9.